The van der Waals surface area contributed by atoms with Crippen LogP contribution in [0, 0.1) is 5.92 Å². The zero-order valence-electron chi connectivity index (χ0n) is 13.8. The molecule has 0 amide bonds. The fraction of sp³-hybridized carbons (Fsp3) is 0.688. The van der Waals surface area contributed by atoms with Gasteiger partial charge in [0, 0.05) is 12.0 Å². The van der Waals surface area contributed by atoms with Crippen LogP contribution < -0.4 is 0 Å². The monoisotopic (exact) mass is 314 g/mol. The highest BCUT2D eigenvalue weighted by Gasteiger charge is 2.15. The highest BCUT2D eigenvalue weighted by molar-refractivity contribution is 5.86. The van der Waals surface area contributed by atoms with Crippen molar-refractivity contribution in [2.45, 2.75) is 53.1 Å². The molecule has 6 heteroatoms. The van der Waals surface area contributed by atoms with Crippen molar-refractivity contribution < 1.29 is 28.6 Å². The first-order valence-electron chi connectivity index (χ1n) is 7.46. The first kappa shape index (κ1) is 20.1. The van der Waals surface area contributed by atoms with Crippen LogP contribution in [-0.2, 0) is 28.6 Å². The Bertz CT molecular complexity index is 401. The summed E-state index contributed by atoms with van der Waals surface area (Å²) in [5, 5.41) is 0. The van der Waals surface area contributed by atoms with Gasteiger partial charge in [-0.15, -0.1) is 0 Å². The van der Waals surface area contributed by atoms with E-state index in [1.165, 1.54) is 0 Å². The SMILES string of the molecule is C=C(C)C(=O)OCCCC(=O)OC(C)COC(=O)C(C)CC. The molecule has 0 fully saturated rings. The summed E-state index contributed by atoms with van der Waals surface area (Å²) in [6.45, 7) is 10.5. The summed E-state index contributed by atoms with van der Waals surface area (Å²) in [6, 6.07) is 0. The number of hydrogen-bond acceptors (Lipinski definition) is 6. The largest absolute Gasteiger partial charge is 0.462 e. The predicted octanol–water partition coefficient (Wildman–Crippen LogP) is 2.41. The Kier molecular flexibility index (Phi) is 9.91. The molecule has 126 valence electrons. The molecule has 0 saturated carbocycles. The lowest BCUT2D eigenvalue weighted by Crippen LogP contribution is -2.24. The minimum absolute atomic E-state index is 0.0412. The number of carbonyl (C=O) groups is 3. The van der Waals surface area contributed by atoms with Gasteiger partial charge in [0.25, 0.3) is 0 Å². The maximum absolute atomic E-state index is 11.5. The van der Waals surface area contributed by atoms with E-state index in [4.69, 9.17) is 14.2 Å². The van der Waals surface area contributed by atoms with E-state index in [1.54, 1.807) is 20.8 Å². The summed E-state index contributed by atoms with van der Waals surface area (Å²) in [7, 11) is 0. The Morgan fingerprint density at radius 1 is 1.14 bits per heavy atom. The van der Waals surface area contributed by atoms with Crippen molar-refractivity contribution >= 4 is 17.9 Å². The molecule has 2 atom stereocenters. The van der Waals surface area contributed by atoms with Crippen molar-refractivity contribution in [2.75, 3.05) is 13.2 Å². The Labute approximate surface area is 131 Å². The Morgan fingerprint density at radius 3 is 2.32 bits per heavy atom. The third kappa shape index (κ3) is 9.15. The van der Waals surface area contributed by atoms with Crippen molar-refractivity contribution in [1.82, 2.24) is 0 Å². The van der Waals surface area contributed by atoms with Crippen LogP contribution in [0.1, 0.15) is 47.0 Å². The summed E-state index contributed by atoms with van der Waals surface area (Å²) >= 11 is 0. The zero-order chi connectivity index (χ0) is 17.1. The molecule has 0 N–H and O–H groups in total. The van der Waals surface area contributed by atoms with E-state index >= 15 is 0 Å². The lowest BCUT2D eigenvalue weighted by Gasteiger charge is -2.15. The van der Waals surface area contributed by atoms with Gasteiger partial charge in [-0.3, -0.25) is 9.59 Å². The predicted molar refractivity (Wildman–Crippen MR) is 81.0 cm³/mol. The molecule has 2 unspecified atom stereocenters. The van der Waals surface area contributed by atoms with E-state index in [0.717, 1.165) is 0 Å². The van der Waals surface area contributed by atoms with Gasteiger partial charge in [-0.2, -0.15) is 0 Å². The second-order valence-corrected chi connectivity index (χ2v) is 5.26. The molecule has 0 rings (SSSR count). The summed E-state index contributed by atoms with van der Waals surface area (Å²) in [4.78, 5) is 34.1. The fourth-order valence-electron chi connectivity index (χ4n) is 1.33. The van der Waals surface area contributed by atoms with Crippen LogP contribution in [0.15, 0.2) is 12.2 Å². The average Bonchev–Trinajstić information content (AvgIpc) is 2.47. The highest BCUT2D eigenvalue weighted by atomic mass is 16.6. The third-order valence-electron chi connectivity index (χ3n) is 2.91. The zero-order valence-corrected chi connectivity index (χ0v) is 13.8. The van der Waals surface area contributed by atoms with Crippen molar-refractivity contribution in [3.63, 3.8) is 0 Å². The molecule has 0 aromatic rings. The average molecular weight is 314 g/mol. The van der Waals surface area contributed by atoms with E-state index in [0.29, 0.717) is 18.4 Å². The number of hydrogen-bond donors (Lipinski definition) is 0. The Morgan fingerprint density at radius 2 is 1.77 bits per heavy atom. The normalized spacial score (nSPS) is 12.9. The number of rotatable bonds is 10. The molecule has 0 radical (unpaired) electrons. The topological polar surface area (TPSA) is 78.9 Å². The molecule has 0 aromatic heterocycles. The number of esters is 3. The van der Waals surface area contributed by atoms with Gasteiger partial charge >= 0.3 is 17.9 Å². The van der Waals surface area contributed by atoms with Crippen molar-refractivity contribution in [2.24, 2.45) is 5.92 Å². The van der Waals surface area contributed by atoms with Gasteiger partial charge in [0.15, 0.2) is 0 Å². The van der Waals surface area contributed by atoms with Crippen molar-refractivity contribution in [3.8, 4) is 0 Å². The smallest absolute Gasteiger partial charge is 0.333 e. The number of ether oxygens (including phenoxy) is 3. The van der Waals surface area contributed by atoms with Gasteiger partial charge in [-0.05, 0) is 26.7 Å². The first-order chi connectivity index (χ1) is 10.3. The molecule has 6 nitrogen and oxygen atoms in total. The summed E-state index contributed by atoms with van der Waals surface area (Å²) < 4.78 is 15.0. The maximum atomic E-state index is 11.5. The highest BCUT2D eigenvalue weighted by Crippen LogP contribution is 2.05. The molecule has 0 saturated heterocycles. The molecule has 0 heterocycles. The van der Waals surface area contributed by atoms with Gasteiger partial charge in [0.1, 0.15) is 12.7 Å². The molecule has 0 spiro atoms. The first-order valence-corrected chi connectivity index (χ1v) is 7.46. The van der Waals surface area contributed by atoms with Crippen molar-refractivity contribution in [3.05, 3.63) is 12.2 Å². The van der Waals surface area contributed by atoms with Crippen LogP contribution in [-0.4, -0.2) is 37.2 Å². The van der Waals surface area contributed by atoms with Crippen LogP contribution in [0.25, 0.3) is 0 Å². The van der Waals surface area contributed by atoms with E-state index < -0.39 is 18.0 Å². The van der Waals surface area contributed by atoms with E-state index in [-0.39, 0.29) is 31.5 Å². The molecular weight excluding hydrogens is 288 g/mol. The van der Waals surface area contributed by atoms with E-state index in [1.807, 2.05) is 6.92 Å². The molecule has 0 bridgehead atoms. The van der Waals surface area contributed by atoms with E-state index in [9.17, 15) is 14.4 Å². The minimum Gasteiger partial charge on any atom is -0.462 e. The van der Waals surface area contributed by atoms with Gasteiger partial charge in [-0.25, -0.2) is 4.79 Å². The summed E-state index contributed by atoms with van der Waals surface area (Å²) in [6.07, 6.45) is 0.707. The molecule has 0 aliphatic rings. The third-order valence-corrected chi connectivity index (χ3v) is 2.91. The minimum atomic E-state index is -0.501. The van der Waals surface area contributed by atoms with Gasteiger partial charge in [-0.1, -0.05) is 20.4 Å². The maximum Gasteiger partial charge on any atom is 0.333 e. The molecule has 0 aromatic carbocycles. The molecule has 0 aliphatic carbocycles. The molecule has 22 heavy (non-hydrogen) atoms. The molecular formula is C16H26O6. The van der Waals surface area contributed by atoms with Gasteiger partial charge in [0.2, 0.25) is 0 Å². The van der Waals surface area contributed by atoms with Crippen LogP contribution in [0.5, 0.6) is 0 Å². The lowest BCUT2D eigenvalue weighted by atomic mass is 10.1. The van der Waals surface area contributed by atoms with E-state index in [2.05, 4.69) is 6.58 Å². The van der Waals surface area contributed by atoms with Crippen LogP contribution in [0.4, 0.5) is 0 Å². The Hall–Kier alpha value is -1.85. The summed E-state index contributed by atoms with van der Waals surface area (Å²) in [5.41, 5.74) is 0.319. The number of carbonyl (C=O) groups excluding carboxylic acids is 3. The standard InChI is InChI=1S/C16H26O6/c1-6-12(4)16(19)21-10-13(5)22-14(17)8-7-9-20-15(18)11(2)3/h12-13H,2,6-10H2,1,3-5H3. The second-order valence-electron chi connectivity index (χ2n) is 5.26. The van der Waals surface area contributed by atoms with Crippen LogP contribution in [0.2, 0.25) is 0 Å². The molecule has 0 aliphatic heterocycles. The van der Waals surface area contributed by atoms with Crippen molar-refractivity contribution in [1.29, 1.82) is 0 Å². The van der Waals surface area contributed by atoms with Crippen LogP contribution >= 0.6 is 0 Å². The summed E-state index contributed by atoms with van der Waals surface area (Å²) in [5.74, 6) is -1.35. The van der Waals surface area contributed by atoms with Crippen LogP contribution in [0.3, 0.4) is 0 Å². The quantitative estimate of drug-likeness (QED) is 0.267. The Balaban J connectivity index is 3.80. The lowest BCUT2D eigenvalue weighted by molar-refractivity contribution is -0.160. The van der Waals surface area contributed by atoms with Gasteiger partial charge < -0.3 is 14.2 Å². The second kappa shape index (κ2) is 10.8. The fourth-order valence-corrected chi connectivity index (χ4v) is 1.33. The van der Waals surface area contributed by atoms with Gasteiger partial charge in [0.05, 0.1) is 12.5 Å².